The van der Waals surface area contributed by atoms with E-state index in [1.165, 1.54) is 0 Å². The molecule has 1 fully saturated rings. The zero-order valence-electron chi connectivity index (χ0n) is 17.5. The summed E-state index contributed by atoms with van der Waals surface area (Å²) in [6.07, 6.45) is 3.41. The third-order valence-corrected chi connectivity index (χ3v) is 5.77. The van der Waals surface area contributed by atoms with Crippen molar-refractivity contribution in [2.24, 2.45) is 11.7 Å². The van der Waals surface area contributed by atoms with Crippen LogP contribution in [-0.2, 0) is 16.0 Å². The Balaban J connectivity index is 1.60. The first kappa shape index (κ1) is 20.7. The number of para-hydroxylation sites is 1. The van der Waals surface area contributed by atoms with Crippen LogP contribution in [-0.4, -0.2) is 46.7 Å². The molecule has 7 nitrogen and oxygen atoms in total. The van der Waals surface area contributed by atoms with E-state index in [9.17, 15) is 9.59 Å². The molecule has 7 heteroatoms. The fraction of sp³-hybridized carbons (Fsp3) is 0.292. The lowest BCUT2D eigenvalue weighted by atomic mass is 9.96. The van der Waals surface area contributed by atoms with Gasteiger partial charge in [-0.25, -0.2) is 4.68 Å². The lowest BCUT2D eigenvalue weighted by molar-refractivity contribution is -0.134. The summed E-state index contributed by atoms with van der Waals surface area (Å²) in [6, 6.07) is 17.5. The Labute approximate surface area is 181 Å². The maximum Gasteiger partial charge on any atom is 0.227 e. The first-order valence-electron chi connectivity index (χ1n) is 10.4. The van der Waals surface area contributed by atoms with Crippen molar-refractivity contribution in [3.05, 3.63) is 66.4 Å². The molecule has 1 saturated heterocycles. The number of nitrogens with zero attached hydrogens (tertiary/aromatic N) is 3. The van der Waals surface area contributed by atoms with Gasteiger partial charge in [-0.2, -0.15) is 5.10 Å². The largest absolute Gasteiger partial charge is 0.497 e. The number of ether oxygens (including phenoxy) is 1. The number of aromatic nitrogens is 2. The summed E-state index contributed by atoms with van der Waals surface area (Å²) in [5, 5.41) is 4.78. The molecule has 0 spiro atoms. The van der Waals surface area contributed by atoms with Crippen LogP contribution in [0.3, 0.4) is 0 Å². The molecule has 1 aliphatic heterocycles. The molecule has 4 rings (SSSR count). The Morgan fingerprint density at radius 3 is 2.35 bits per heavy atom. The maximum absolute atomic E-state index is 13.0. The van der Waals surface area contributed by atoms with Gasteiger partial charge in [-0.3, -0.25) is 9.59 Å². The number of methoxy groups -OCH3 is 1. The smallest absolute Gasteiger partial charge is 0.227 e. The van der Waals surface area contributed by atoms with Crippen molar-refractivity contribution in [2.75, 3.05) is 20.2 Å². The normalized spacial score (nSPS) is 14.4. The number of carbonyl (C=O) groups excluding carboxylic acids is 2. The minimum atomic E-state index is -0.280. The second kappa shape index (κ2) is 9.04. The number of likely N-dealkylation sites (tertiary alicyclic amines) is 1. The summed E-state index contributed by atoms with van der Waals surface area (Å²) in [5.74, 6) is 0.379. The SMILES string of the molecule is COc1ccc(-c2nn(-c3ccccc3)cc2CC(=O)N2CCC(C(N)=O)CC2)cc1. The zero-order valence-corrected chi connectivity index (χ0v) is 17.5. The summed E-state index contributed by atoms with van der Waals surface area (Å²) in [4.78, 5) is 26.2. The number of rotatable bonds is 6. The molecule has 0 radical (unpaired) electrons. The van der Waals surface area contributed by atoms with Crippen molar-refractivity contribution in [1.29, 1.82) is 0 Å². The fourth-order valence-corrected chi connectivity index (χ4v) is 3.93. The monoisotopic (exact) mass is 418 g/mol. The molecule has 2 N–H and O–H groups in total. The quantitative estimate of drug-likeness (QED) is 0.666. The van der Waals surface area contributed by atoms with Crippen molar-refractivity contribution in [1.82, 2.24) is 14.7 Å². The van der Waals surface area contributed by atoms with E-state index in [-0.39, 0.29) is 24.2 Å². The first-order chi connectivity index (χ1) is 15.0. The summed E-state index contributed by atoms with van der Waals surface area (Å²) in [5.41, 5.74) is 8.89. The minimum Gasteiger partial charge on any atom is -0.497 e. The lowest BCUT2D eigenvalue weighted by Crippen LogP contribution is -2.42. The van der Waals surface area contributed by atoms with Gasteiger partial charge in [0.05, 0.1) is 24.9 Å². The Kier molecular flexibility index (Phi) is 6.02. The molecule has 0 bridgehead atoms. The van der Waals surface area contributed by atoms with Crippen LogP contribution in [0.5, 0.6) is 5.75 Å². The minimum absolute atomic E-state index is 0.0327. The van der Waals surface area contributed by atoms with Gasteiger partial charge in [-0.05, 0) is 49.2 Å². The molecule has 2 heterocycles. The highest BCUT2D eigenvalue weighted by Gasteiger charge is 2.27. The van der Waals surface area contributed by atoms with E-state index in [0.717, 1.165) is 28.3 Å². The van der Waals surface area contributed by atoms with Crippen LogP contribution in [0.15, 0.2) is 60.8 Å². The van der Waals surface area contributed by atoms with Gasteiger partial charge in [0.2, 0.25) is 11.8 Å². The second-order valence-electron chi connectivity index (χ2n) is 7.75. The molecule has 0 unspecified atom stereocenters. The van der Waals surface area contributed by atoms with Crippen LogP contribution in [0.25, 0.3) is 16.9 Å². The Morgan fingerprint density at radius 1 is 1.06 bits per heavy atom. The predicted molar refractivity (Wildman–Crippen MR) is 118 cm³/mol. The van der Waals surface area contributed by atoms with Crippen LogP contribution in [0, 0.1) is 5.92 Å². The van der Waals surface area contributed by atoms with E-state index >= 15 is 0 Å². The number of amides is 2. The van der Waals surface area contributed by atoms with Crippen LogP contribution in [0.1, 0.15) is 18.4 Å². The van der Waals surface area contributed by atoms with Crippen molar-refractivity contribution >= 4 is 11.8 Å². The number of hydrogen-bond acceptors (Lipinski definition) is 4. The third-order valence-electron chi connectivity index (χ3n) is 5.77. The van der Waals surface area contributed by atoms with Gasteiger partial charge in [0.25, 0.3) is 0 Å². The van der Waals surface area contributed by atoms with Gasteiger partial charge in [0.15, 0.2) is 0 Å². The molecule has 0 aliphatic carbocycles. The fourth-order valence-electron chi connectivity index (χ4n) is 3.93. The number of benzene rings is 2. The average molecular weight is 418 g/mol. The Morgan fingerprint density at radius 2 is 1.74 bits per heavy atom. The molecule has 0 atom stereocenters. The van der Waals surface area contributed by atoms with Crippen molar-refractivity contribution in [3.63, 3.8) is 0 Å². The average Bonchev–Trinajstić information content (AvgIpc) is 3.23. The third kappa shape index (κ3) is 4.60. The number of hydrogen-bond donors (Lipinski definition) is 1. The highest BCUT2D eigenvalue weighted by Crippen LogP contribution is 2.27. The molecule has 3 aromatic rings. The summed E-state index contributed by atoms with van der Waals surface area (Å²) in [7, 11) is 1.63. The van der Waals surface area contributed by atoms with E-state index < -0.39 is 0 Å². The molecule has 2 aromatic carbocycles. The predicted octanol–water partition coefficient (Wildman–Crippen LogP) is 2.81. The van der Waals surface area contributed by atoms with Crippen LogP contribution >= 0.6 is 0 Å². The van der Waals surface area contributed by atoms with Gasteiger partial charge in [-0.1, -0.05) is 18.2 Å². The Bertz CT molecular complexity index is 1050. The van der Waals surface area contributed by atoms with Crippen LogP contribution in [0.2, 0.25) is 0 Å². The lowest BCUT2D eigenvalue weighted by Gasteiger charge is -2.30. The van der Waals surface area contributed by atoms with E-state index in [1.54, 1.807) is 7.11 Å². The van der Waals surface area contributed by atoms with E-state index in [1.807, 2.05) is 70.4 Å². The zero-order chi connectivity index (χ0) is 21.8. The number of carbonyl (C=O) groups is 2. The van der Waals surface area contributed by atoms with E-state index in [4.69, 9.17) is 15.6 Å². The molecule has 1 aromatic heterocycles. The first-order valence-corrected chi connectivity index (χ1v) is 10.4. The van der Waals surface area contributed by atoms with Gasteiger partial charge in [0, 0.05) is 36.3 Å². The van der Waals surface area contributed by atoms with Gasteiger partial charge < -0.3 is 15.4 Å². The second-order valence-corrected chi connectivity index (χ2v) is 7.75. The standard InChI is InChI=1S/C24H26N4O3/c1-31-21-9-7-17(8-10-21)23-19(16-28(26-23)20-5-3-2-4-6-20)15-22(29)27-13-11-18(12-14-27)24(25)30/h2-10,16,18H,11-15H2,1H3,(H2,25,30). The van der Waals surface area contributed by atoms with Gasteiger partial charge in [0.1, 0.15) is 5.75 Å². The van der Waals surface area contributed by atoms with Crippen molar-refractivity contribution in [3.8, 4) is 22.7 Å². The van der Waals surface area contributed by atoms with Crippen LogP contribution in [0.4, 0.5) is 0 Å². The van der Waals surface area contributed by atoms with Gasteiger partial charge in [-0.15, -0.1) is 0 Å². The summed E-state index contributed by atoms with van der Waals surface area (Å²) in [6.45, 7) is 1.11. The van der Waals surface area contributed by atoms with E-state index in [2.05, 4.69) is 0 Å². The number of piperidine rings is 1. The number of nitrogens with two attached hydrogens (primary N) is 1. The van der Waals surface area contributed by atoms with Crippen LogP contribution < -0.4 is 10.5 Å². The van der Waals surface area contributed by atoms with Crippen molar-refractivity contribution in [2.45, 2.75) is 19.3 Å². The molecular formula is C24H26N4O3. The highest BCUT2D eigenvalue weighted by atomic mass is 16.5. The molecule has 160 valence electrons. The molecule has 2 amide bonds. The summed E-state index contributed by atoms with van der Waals surface area (Å²) >= 11 is 0. The summed E-state index contributed by atoms with van der Waals surface area (Å²) < 4.78 is 7.07. The van der Waals surface area contributed by atoms with Crippen molar-refractivity contribution < 1.29 is 14.3 Å². The molecule has 31 heavy (non-hydrogen) atoms. The molecule has 0 saturated carbocycles. The van der Waals surface area contributed by atoms with E-state index in [0.29, 0.717) is 25.9 Å². The maximum atomic E-state index is 13.0. The number of primary amides is 1. The molecule has 1 aliphatic rings. The highest BCUT2D eigenvalue weighted by molar-refractivity contribution is 5.82. The Hall–Kier alpha value is -3.61. The topological polar surface area (TPSA) is 90.5 Å². The molecular weight excluding hydrogens is 392 g/mol. The van der Waals surface area contributed by atoms with Gasteiger partial charge >= 0.3 is 0 Å².